The molecule has 80 valence electrons. The first-order chi connectivity index (χ1) is 7.35. The van der Waals surface area contributed by atoms with Crippen LogP contribution in [0.1, 0.15) is 5.56 Å². The molecule has 0 bridgehead atoms. The summed E-state index contributed by atoms with van der Waals surface area (Å²) in [5, 5.41) is 8.32. The summed E-state index contributed by atoms with van der Waals surface area (Å²) in [4.78, 5) is 0. The Morgan fingerprint density at radius 2 is 2.40 bits per heavy atom. The number of hydrogen-bond donors (Lipinski definition) is 1. The zero-order chi connectivity index (χ0) is 10.7. The Hall–Kier alpha value is -1.20. The summed E-state index contributed by atoms with van der Waals surface area (Å²) in [5.41, 5.74) is 8.50. The van der Waals surface area contributed by atoms with E-state index in [0.717, 1.165) is 16.8 Å². The summed E-state index contributed by atoms with van der Waals surface area (Å²) in [6.45, 7) is 0.309. The van der Waals surface area contributed by atoms with Crippen molar-refractivity contribution in [2.24, 2.45) is 5.73 Å². The summed E-state index contributed by atoms with van der Waals surface area (Å²) >= 11 is 1.61. The van der Waals surface area contributed by atoms with Gasteiger partial charge in [0, 0.05) is 29.2 Å². The third kappa shape index (κ3) is 2.08. The van der Waals surface area contributed by atoms with E-state index in [9.17, 15) is 4.39 Å². The maximum Gasteiger partial charge on any atom is 0.109 e. The van der Waals surface area contributed by atoms with Crippen LogP contribution in [-0.2, 0) is 13.1 Å². The molecular formula is C10H12FN3S. The Morgan fingerprint density at radius 3 is 3.00 bits per heavy atom. The van der Waals surface area contributed by atoms with E-state index in [1.165, 1.54) is 0 Å². The lowest BCUT2D eigenvalue weighted by Gasteiger charge is -1.94. The molecule has 0 aliphatic carbocycles. The van der Waals surface area contributed by atoms with Crippen molar-refractivity contribution in [3.8, 4) is 11.3 Å². The van der Waals surface area contributed by atoms with E-state index >= 15 is 0 Å². The summed E-state index contributed by atoms with van der Waals surface area (Å²) in [6.07, 6.45) is 1.81. The third-order valence-corrected chi connectivity index (χ3v) is 2.85. The highest BCUT2D eigenvalue weighted by Crippen LogP contribution is 2.23. The van der Waals surface area contributed by atoms with E-state index in [-0.39, 0.29) is 6.54 Å². The van der Waals surface area contributed by atoms with E-state index < -0.39 is 6.67 Å². The first-order valence-corrected chi connectivity index (χ1v) is 5.64. The van der Waals surface area contributed by atoms with Crippen LogP contribution in [0.25, 0.3) is 11.3 Å². The fourth-order valence-corrected chi connectivity index (χ4v) is 2.10. The van der Waals surface area contributed by atoms with Gasteiger partial charge in [0.05, 0.1) is 12.2 Å². The lowest BCUT2D eigenvalue weighted by atomic mass is 10.1. The fraction of sp³-hybridized carbons (Fsp3) is 0.300. The van der Waals surface area contributed by atoms with Gasteiger partial charge in [-0.25, -0.2) is 4.39 Å². The number of aromatic nitrogens is 2. The number of alkyl halides is 1. The first kappa shape index (κ1) is 10.3. The molecule has 0 atom stereocenters. The average molecular weight is 225 g/mol. The normalized spacial score (nSPS) is 10.8. The highest BCUT2D eigenvalue weighted by Gasteiger charge is 2.09. The topological polar surface area (TPSA) is 43.8 Å². The number of hydrogen-bond acceptors (Lipinski definition) is 3. The molecule has 0 radical (unpaired) electrons. The van der Waals surface area contributed by atoms with Crippen molar-refractivity contribution >= 4 is 11.3 Å². The molecule has 2 aromatic rings. The van der Waals surface area contributed by atoms with E-state index in [1.54, 1.807) is 16.0 Å². The number of thiophene rings is 1. The minimum atomic E-state index is -0.408. The lowest BCUT2D eigenvalue weighted by Crippen LogP contribution is -1.99. The number of aryl methyl sites for hydroxylation is 1. The monoisotopic (exact) mass is 225 g/mol. The molecule has 5 heteroatoms. The number of rotatable bonds is 4. The van der Waals surface area contributed by atoms with Crippen LogP contribution < -0.4 is 5.73 Å². The maximum atomic E-state index is 12.2. The lowest BCUT2D eigenvalue weighted by molar-refractivity contribution is 0.427. The number of halogens is 1. The van der Waals surface area contributed by atoms with Crippen molar-refractivity contribution in [3.05, 3.63) is 28.6 Å². The molecule has 0 fully saturated rings. The molecule has 3 nitrogen and oxygen atoms in total. The van der Waals surface area contributed by atoms with Crippen molar-refractivity contribution in [2.75, 3.05) is 6.67 Å². The van der Waals surface area contributed by atoms with Gasteiger partial charge in [-0.1, -0.05) is 0 Å². The standard InChI is InChI=1S/C10H12FN3S/c11-2-3-14-6-9(5-12)10(13-14)8-1-4-15-7-8/h1,4,6-7H,2-3,5,12H2. The van der Waals surface area contributed by atoms with Gasteiger partial charge in [0.15, 0.2) is 0 Å². The molecule has 0 saturated heterocycles. The van der Waals surface area contributed by atoms with Crippen molar-refractivity contribution in [1.29, 1.82) is 0 Å². The van der Waals surface area contributed by atoms with Crippen LogP contribution in [-0.4, -0.2) is 16.5 Å². The van der Waals surface area contributed by atoms with Gasteiger partial charge in [-0.05, 0) is 11.4 Å². The molecule has 15 heavy (non-hydrogen) atoms. The molecule has 0 aliphatic rings. The summed E-state index contributed by atoms with van der Waals surface area (Å²) in [5.74, 6) is 0. The minimum absolute atomic E-state index is 0.289. The first-order valence-electron chi connectivity index (χ1n) is 4.70. The van der Waals surface area contributed by atoms with Gasteiger partial charge in [0.2, 0.25) is 0 Å². The fourth-order valence-electron chi connectivity index (χ4n) is 1.46. The van der Waals surface area contributed by atoms with Gasteiger partial charge in [0.25, 0.3) is 0 Å². The van der Waals surface area contributed by atoms with Crippen LogP contribution in [0.3, 0.4) is 0 Å². The molecule has 0 spiro atoms. The molecule has 2 heterocycles. The smallest absolute Gasteiger partial charge is 0.109 e. The van der Waals surface area contributed by atoms with Crippen molar-refractivity contribution in [1.82, 2.24) is 9.78 Å². The summed E-state index contributed by atoms with van der Waals surface area (Å²) in [6, 6.07) is 1.99. The number of nitrogens with two attached hydrogens (primary N) is 1. The van der Waals surface area contributed by atoms with Gasteiger partial charge < -0.3 is 5.73 Å². The van der Waals surface area contributed by atoms with Gasteiger partial charge >= 0.3 is 0 Å². The molecule has 2 rings (SSSR count). The Balaban J connectivity index is 2.37. The maximum absolute atomic E-state index is 12.2. The molecule has 0 aromatic carbocycles. The van der Waals surface area contributed by atoms with Gasteiger partial charge in [0.1, 0.15) is 6.67 Å². The largest absolute Gasteiger partial charge is 0.326 e. The van der Waals surface area contributed by atoms with Crippen LogP contribution in [0.4, 0.5) is 4.39 Å². The summed E-state index contributed by atoms with van der Waals surface area (Å²) < 4.78 is 13.8. The van der Waals surface area contributed by atoms with E-state index in [2.05, 4.69) is 5.10 Å². The van der Waals surface area contributed by atoms with E-state index in [4.69, 9.17) is 5.73 Å². The van der Waals surface area contributed by atoms with Crippen LogP contribution in [0.2, 0.25) is 0 Å². The van der Waals surface area contributed by atoms with Crippen molar-refractivity contribution in [3.63, 3.8) is 0 Å². The zero-order valence-corrected chi connectivity index (χ0v) is 9.01. The van der Waals surface area contributed by atoms with Crippen molar-refractivity contribution < 1.29 is 4.39 Å². The van der Waals surface area contributed by atoms with E-state index in [0.29, 0.717) is 6.54 Å². The molecular weight excluding hydrogens is 213 g/mol. The molecule has 2 aromatic heterocycles. The van der Waals surface area contributed by atoms with Gasteiger partial charge in [-0.3, -0.25) is 4.68 Å². The molecule has 2 N–H and O–H groups in total. The average Bonchev–Trinajstić information content (AvgIpc) is 2.84. The molecule has 0 saturated carbocycles. The highest BCUT2D eigenvalue weighted by atomic mass is 32.1. The second-order valence-electron chi connectivity index (χ2n) is 3.17. The third-order valence-electron chi connectivity index (χ3n) is 2.17. The Bertz CT molecular complexity index is 422. The van der Waals surface area contributed by atoms with E-state index in [1.807, 2.05) is 23.0 Å². The van der Waals surface area contributed by atoms with Crippen LogP contribution in [0.15, 0.2) is 23.0 Å². The van der Waals surface area contributed by atoms with Gasteiger partial charge in [-0.2, -0.15) is 16.4 Å². The zero-order valence-electron chi connectivity index (χ0n) is 8.19. The van der Waals surface area contributed by atoms with Crippen molar-refractivity contribution in [2.45, 2.75) is 13.1 Å². The minimum Gasteiger partial charge on any atom is -0.326 e. The van der Waals surface area contributed by atoms with Crippen LogP contribution in [0.5, 0.6) is 0 Å². The van der Waals surface area contributed by atoms with Crippen LogP contribution in [0, 0.1) is 0 Å². The second-order valence-corrected chi connectivity index (χ2v) is 3.95. The molecule has 0 unspecified atom stereocenters. The summed E-state index contributed by atoms with van der Waals surface area (Å²) in [7, 11) is 0. The predicted octanol–water partition coefficient (Wildman–Crippen LogP) is 2.04. The van der Waals surface area contributed by atoms with Crippen LogP contribution >= 0.6 is 11.3 Å². The van der Waals surface area contributed by atoms with Gasteiger partial charge in [-0.15, -0.1) is 0 Å². The Labute approximate surface area is 91.3 Å². The SMILES string of the molecule is NCc1cn(CCF)nc1-c1ccsc1. The number of nitrogens with zero attached hydrogens (tertiary/aromatic N) is 2. The Morgan fingerprint density at radius 1 is 1.53 bits per heavy atom. The highest BCUT2D eigenvalue weighted by molar-refractivity contribution is 7.08. The predicted molar refractivity (Wildman–Crippen MR) is 59.4 cm³/mol. The Kier molecular flexibility index (Phi) is 3.13. The molecule has 0 amide bonds. The second kappa shape index (κ2) is 4.55. The molecule has 0 aliphatic heterocycles. The quantitative estimate of drug-likeness (QED) is 0.865.